The maximum atomic E-state index is 11.2. The van der Waals surface area contributed by atoms with Crippen LogP contribution in [0.3, 0.4) is 0 Å². The van der Waals surface area contributed by atoms with E-state index in [2.05, 4.69) is 28.8 Å². The van der Waals surface area contributed by atoms with Gasteiger partial charge in [0.1, 0.15) is 30.9 Å². The molecule has 1 aliphatic heterocycles. The van der Waals surface area contributed by atoms with E-state index in [1.54, 1.807) is 24.5 Å². The van der Waals surface area contributed by atoms with Crippen LogP contribution in [0.4, 0.5) is 0 Å². The van der Waals surface area contributed by atoms with E-state index in [0.717, 1.165) is 28.8 Å². The average molecular weight is 522 g/mol. The molecule has 2 aromatic heterocycles. The first-order valence-electron chi connectivity index (χ1n) is 11.1. The lowest BCUT2D eigenvalue weighted by Gasteiger charge is -2.24. The van der Waals surface area contributed by atoms with Crippen molar-refractivity contribution in [2.24, 2.45) is 0 Å². The van der Waals surface area contributed by atoms with Crippen LogP contribution in [0.5, 0.6) is 17.4 Å². The van der Waals surface area contributed by atoms with E-state index in [9.17, 15) is 8.42 Å². The fourth-order valence-electron chi connectivity index (χ4n) is 3.49. The molecule has 0 radical (unpaired) electrons. The Kier molecular flexibility index (Phi) is 7.70. The van der Waals surface area contributed by atoms with Gasteiger partial charge >= 0.3 is 0 Å². The number of benzene rings is 1. The van der Waals surface area contributed by atoms with Gasteiger partial charge in [-0.25, -0.2) is 19.7 Å². The van der Waals surface area contributed by atoms with Crippen molar-refractivity contribution in [1.82, 2.24) is 14.8 Å². The van der Waals surface area contributed by atoms with E-state index in [4.69, 9.17) is 18.4 Å². The van der Waals surface area contributed by atoms with Gasteiger partial charge in [0.2, 0.25) is 5.88 Å². The molecule has 0 saturated heterocycles. The minimum absolute atomic E-state index is 0.0219. The van der Waals surface area contributed by atoms with Crippen LogP contribution < -0.4 is 9.47 Å². The first kappa shape index (κ1) is 25.5. The highest BCUT2D eigenvalue weighted by atomic mass is 32.3. The van der Waals surface area contributed by atoms with Crippen LogP contribution >= 0.6 is 10.0 Å². The van der Waals surface area contributed by atoms with Gasteiger partial charge in [-0.15, -0.1) is 0 Å². The van der Waals surface area contributed by atoms with Crippen LogP contribution in [-0.4, -0.2) is 73.3 Å². The Labute approximate surface area is 207 Å². The lowest BCUT2D eigenvalue weighted by molar-refractivity contribution is 0.0821. The van der Waals surface area contributed by atoms with Crippen molar-refractivity contribution in [3.8, 4) is 28.6 Å². The maximum absolute atomic E-state index is 11.2. The Balaban J connectivity index is 1.35. The monoisotopic (exact) mass is 521 g/mol. The first-order valence-corrected chi connectivity index (χ1v) is 15.9. The van der Waals surface area contributed by atoms with Gasteiger partial charge in [-0.2, -0.15) is 13.5 Å². The fourth-order valence-corrected chi connectivity index (χ4v) is 4.51. The molecule has 9 nitrogen and oxygen atoms in total. The molecule has 4 rings (SSSR count). The summed E-state index contributed by atoms with van der Waals surface area (Å²) in [7, 11) is -4.09. The molecule has 0 spiro atoms. The zero-order valence-corrected chi connectivity index (χ0v) is 22.0. The molecular formula is C24H31N3O6S2. The molecule has 3 heterocycles. The van der Waals surface area contributed by atoms with Crippen molar-refractivity contribution in [1.29, 1.82) is 0 Å². The van der Waals surface area contributed by atoms with Crippen LogP contribution in [0.25, 0.3) is 11.3 Å². The van der Waals surface area contributed by atoms with Gasteiger partial charge in [-0.1, -0.05) is 6.07 Å². The van der Waals surface area contributed by atoms with Gasteiger partial charge < -0.3 is 14.2 Å². The molecule has 35 heavy (non-hydrogen) atoms. The summed E-state index contributed by atoms with van der Waals surface area (Å²) in [6, 6.07) is 11.2. The second-order valence-corrected chi connectivity index (χ2v) is 15.5. The highest BCUT2D eigenvalue weighted by Gasteiger charge is 2.25. The van der Waals surface area contributed by atoms with Gasteiger partial charge in [0.15, 0.2) is 0 Å². The number of pyridine rings is 1. The van der Waals surface area contributed by atoms with Crippen molar-refractivity contribution in [3.63, 3.8) is 0 Å². The van der Waals surface area contributed by atoms with Crippen molar-refractivity contribution in [2.75, 3.05) is 44.0 Å². The number of fused-ring (bicyclic) bond motifs is 1. The predicted octanol–water partition coefficient (Wildman–Crippen LogP) is 3.69. The molecule has 0 unspecified atom stereocenters. The molecule has 0 aliphatic carbocycles. The lowest BCUT2D eigenvalue weighted by Crippen LogP contribution is -2.22. The Bertz CT molecular complexity index is 1250. The summed E-state index contributed by atoms with van der Waals surface area (Å²) >= 11 is 0. The lowest BCUT2D eigenvalue weighted by atomic mass is 10.1. The molecule has 1 aromatic carbocycles. The number of nitrogens with zero attached hydrogens (tertiary/aromatic N) is 3. The average Bonchev–Trinajstić information content (AvgIpc) is 3.41. The summed E-state index contributed by atoms with van der Waals surface area (Å²) in [5.41, 5.74) is 2.80. The highest BCUT2D eigenvalue weighted by molar-refractivity contribution is 8.32. The molecule has 0 saturated carbocycles. The predicted molar refractivity (Wildman–Crippen MR) is 137 cm³/mol. The standard InChI is InChI=1S/C24H31N3O6S2/c1-34(2,3)12-11-30-17-27-22(9-10-26-27)19-6-8-24(25-15-19)33-20-7-5-18-13-21(32-23(18)14-20)16-31-35(4,28)29/h5-10,14-15,21H,11-13,16-17H2,1-4H3/t21-/m1/s1. The summed E-state index contributed by atoms with van der Waals surface area (Å²) in [4.78, 5) is 4.44. The van der Waals surface area contributed by atoms with Gasteiger partial charge in [-0.05, 0) is 42.5 Å². The Hall–Kier alpha value is -2.60. The highest BCUT2D eigenvalue weighted by Crippen LogP contribution is 2.35. The molecule has 190 valence electrons. The molecule has 0 N–H and O–H groups in total. The van der Waals surface area contributed by atoms with E-state index in [1.165, 1.54) is 0 Å². The second-order valence-electron chi connectivity index (χ2n) is 9.24. The number of ether oxygens (including phenoxy) is 3. The number of aromatic nitrogens is 3. The first-order chi connectivity index (χ1) is 16.6. The van der Waals surface area contributed by atoms with Crippen molar-refractivity contribution >= 4 is 20.1 Å². The largest absolute Gasteiger partial charge is 0.487 e. The summed E-state index contributed by atoms with van der Waals surface area (Å²) < 4.78 is 46.6. The van der Waals surface area contributed by atoms with E-state index < -0.39 is 20.1 Å². The third-order valence-electron chi connectivity index (χ3n) is 5.27. The number of hydrogen-bond donors (Lipinski definition) is 0. The van der Waals surface area contributed by atoms with Gasteiger partial charge in [0, 0.05) is 42.3 Å². The normalized spacial score (nSPS) is 16.1. The van der Waals surface area contributed by atoms with Gasteiger partial charge in [-0.3, -0.25) is 4.18 Å². The van der Waals surface area contributed by atoms with Crippen LogP contribution in [-0.2, 0) is 32.2 Å². The fraction of sp³-hybridized carbons (Fsp3) is 0.417. The van der Waals surface area contributed by atoms with Crippen molar-refractivity contribution < 1.29 is 26.8 Å². The summed E-state index contributed by atoms with van der Waals surface area (Å²) in [5, 5.41) is 4.37. The number of rotatable bonds is 11. The number of hydrogen-bond acceptors (Lipinski definition) is 8. The van der Waals surface area contributed by atoms with Crippen molar-refractivity contribution in [2.45, 2.75) is 19.3 Å². The third kappa shape index (κ3) is 7.44. The van der Waals surface area contributed by atoms with Crippen LogP contribution in [0, 0.1) is 0 Å². The molecule has 1 aliphatic rings. The summed E-state index contributed by atoms with van der Waals surface area (Å²) in [6.45, 7) is 1.08. The van der Waals surface area contributed by atoms with E-state index >= 15 is 0 Å². The minimum atomic E-state index is -3.51. The van der Waals surface area contributed by atoms with Crippen LogP contribution in [0.15, 0.2) is 48.8 Å². The smallest absolute Gasteiger partial charge is 0.264 e. The van der Waals surface area contributed by atoms with Crippen molar-refractivity contribution in [3.05, 3.63) is 54.4 Å². The SMILES string of the molecule is CS(C)(C)CCOCn1nccc1-c1ccc(Oc2ccc3c(c2)O[C@@H](COS(C)(=O)=O)C3)nc1. The van der Waals surface area contributed by atoms with Gasteiger partial charge in [0.25, 0.3) is 10.1 Å². The van der Waals surface area contributed by atoms with Crippen LogP contribution in [0.2, 0.25) is 0 Å². The van der Waals surface area contributed by atoms with E-state index in [0.29, 0.717) is 37.1 Å². The molecule has 1 atom stereocenters. The zero-order valence-electron chi connectivity index (χ0n) is 20.3. The topological polar surface area (TPSA) is 102 Å². The Morgan fingerprint density at radius 2 is 1.94 bits per heavy atom. The summed E-state index contributed by atoms with van der Waals surface area (Å²) in [6.07, 6.45) is 11.6. The molecule has 11 heteroatoms. The molecule has 0 bridgehead atoms. The Morgan fingerprint density at radius 1 is 1.11 bits per heavy atom. The quantitative estimate of drug-likeness (QED) is 0.278. The molecule has 0 amide bonds. The third-order valence-corrected chi connectivity index (χ3v) is 7.23. The minimum Gasteiger partial charge on any atom is -0.487 e. The zero-order chi connectivity index (χ0) is 25.1. The molecular weight excluding hydrogens is 490 g/mol. The summed E-state index contributed by atoms with van der Waals surface area (Å²) in [5.74, 6) is 2.73. The van der Waals surface area contributed by atoms with Crippen LogP contribution in [0.1, 0.15) is 5.56 Å². The van der Waals surface area contributed by atoms with E-state index in [1.807, 2.05) is 28.9 Å². The second kappa shape index (κ2) is 10.6. The molecule has 3 aromatic rings. The Morgan fingerprint density at radius 3 is 2.66 bits per heavy atom. The maximum Gasteiger partial charge on any atom is 0.264 e. The molecule has 0 fully saturated rings. The van der Waals surface area contributed by atoms with E-state index in [-0.39, 0.29) is 12.7 Å². The van der Waals surface area contributed by atoms with Gasteiger partial charge in [0.05, 0.1) is 18.6 Å².